The lowest BCUT2D eigenvalue weighted by molar-refractivity contribution is 0.123. The van der Waals surface area contributed by atoms with Gasteiger partial charge in [-0.1, -0.05) is 26.0 Å². The molecule has 1 fully saturated rings. The molecule has 1 aromatic carbocycles. The highest BCUT2D eigenvalue weighted by molar-refractivity contribution is 14.0. The van der Waals surface area contributed by atoms with Gasteiger partial charge < -0.3 is 20.1 Å². The summed E-state index contributed by atoms with van der Waals surface area (Å²) in [5, 5.41) is 6.67. The van der Waals surface area contributed by atoms with E-state index < -0.39 is 0 Å². The number of rotatable bonds is 11. The minimum absolute atomic E-state index is 0. The van der Waals surface area contributed by atoms with E-state index >= 15 is 0 Å². The Balaban J connectivity index is 0.00000338. The van der Waals surface area contributed by atoms with Crippen molar-refractivity contribution >= 4 is 29.9 Å². The predicted molar refractivity (Wildman–Crippen MR) is 119 cm³/mol. The third-order valence-corrected chi connectivity index (χ3v) is 3.97. The number of nitrogens with one attached hydrogen (secondary N) is 2. The van der Waals surface area contributed by atoms with Crippen LogP contribution in [0.2, 0.25) is 0 Å². The van der Waals surface area contributed by atoms with Crippen molar-refractivity contribution in [2.75, 3.05) is 33.4 Å². The number of nitrogens with zero attached hydrogens (tertiary/aromatic N) is 1. The van der Waals surface area contributed by atoms with Gasteiger partial charge in [0, 0.05) is 33.4 Å². The highest BCUT2D eigenvalue weighted by Crippen LogP contribution is 2.28. The van der Waals surface area contributed by atoms with Crippen molar-refractivity contribution in [3.8, 4) is 5.75 Å². The molecule has 148 valence electrons. The first kappa shape index (κ1) is 23.0. The summed E-state index contributed by atoms with van der Waals surface area (Å²) in [7, 11) is 1.79. The Bertz CT molecular complexity index is 534. The van der Waals surface area contributed by atoms with Gasteiger partial charge >= 0.3 is 0 Å². The van der Waals surface area contributed by atoms with Gasteiger partial charge in [-0.25, -0.2) is 0 Å². The largest absolute Gasteiger partial charge is 0.493 e. The van der Waals surface area contributed by atoms with Crippen LogP contribution in [0.25, 0.3) is 0 Å². The van der Waals surface area contributed by atoms with Gasteiger partial charge in [0.25, 0.3) is 0 Å². The molecule has 6 heteroatoms. The molecule has 1 aliphatic carbocycles. The summed E-state index contributed by atoms with van der Waals surface area (Å²) < 4.78 is 11.4. The second-order valence-corrected chi connectivity index (χ2v) is 7.08. The molecule has 0 amide bonds. The van der Waals surface area contributed by atoms with Crippen molar-refractivity contribution < 1.29 is 9.47 Å². The van der Waals surface area contributed by atoms with Crippen LogP contribution >= 0.6 is 24.0 Å². The molecule has 26 heavy (non-hydrogen) atoms. The van der Waals surface area contributed by atoms with Gasteiger partial charge in [0.15, 0.2) is 5.96 Å². The van der Waals surface area contributed by atoms with Crippen LogP contribution in [0.3, 0.4) is 0 Å². The summed E-state index contributed by atoms with van der Waals surface area (Å²) >= 11 is 0. The number of hydrogen-bond donors (Lipinski definition) is 2. The van der Waals surface area contributed by atoms with Crippen molar-refractivity contribution in [2.45, 2.75) is 39.7 Å². The molecule has 0 aromatic heterocycles. The summed E-state index contributed by atoms with van der Waals surface area (Å²) in [6.07, 6.45) is 3.68. The van der Waals surface area contributed by atoms with Gasteiger partial charge in [-0.05, 0) is 48.8 Å². The first-order valence-electron chi connectivity index (χ1n) is 9.41. The minimum atomic E-state index is 0. The van der Waals surface area contributed by atoms with E-state index in [1.54, 1.807) is 7.05 Å². The fourth-order valence-corrected chi connectivity index (χ4v) is 2.33. The zero-order valence-corrected chi connectivity index (χ0v) is 18.6. The Kier molecular flexibility index (Phi) is 11.7. The molecule has 1 saturated carbocycles. The fourth-order valence-electron chi connectivity index (χ4n) is 2.33. The molecular formula is C20H34IN3O2. The Labute approximate surface area is 175 Å². The molecule has 0 aliphatic heterocycles. The van der Waals surface area contributed by atoms with E-state index in [9.17, 15) is 0 Å². The SMILES string of the molecule is CN=C(NCCCOCC1CC1)NCc1cccc(OCC(C)C)c1.I. The monoisotopic (exact) mass is 475 g/mol. The summed E-state index contributed by atoms with van der Waals surface area (Å²) in [5.74, 6) is 3.10. The van der Waals surface area contributed by atoms with Gasteiger partial charge in [-0.2, -0.15) is 0 Å². The highest BCUT2D eigenvalue weighted by Gasteiger charge is 2.20. The Morgan fingerprint density at radius 2 is 2.08 bits per heavy atom. The quantitative estimate of drug-likeness (QED) is 0.221. The number of aliphatic imine (C=N–C) groups is 1. The van der Waals surface area contributed by atoms with E-state index in [2.05, 4.69) is 41.6 Å². The number of guanidine groups is 1. The molecule has 5 nitrogen and oxygen atoms in total. The molecule has 2 rings (SSSR count). The minimum Gasteiger partial charge on any atom is -0.493 e. The second kappa shape index (κ2) is 13.2. The summed E-state index contributed by atoms with van der Waals surface area (Å²) in [6.45, 7) is 8.37. The third kappa shape index (κ3) is 10.2. The smallest absolute Gasteiger partial charge is 0.191 e. The van der Waals surface area contributed by atoms with E-state index in [-0.39, 0.29) is 24.0 Å². The van der Waals surface area contributed by atoms with Crippen LogP contribution in [0, 0.1) is 11.8 Å². The molecular weight excluding hydrogens is 441 g/mol. The Morgan fingerprint density at radius 3 is 2.77 bits per heavy atom. The normalized spacial score (nSPS) is 14.1. The lowest BCUT2D eigenvalue weighted by atomic mass is 10.2. The van der Waals surface area contributed by atoms with E-state index in [0.717, 1.165) is 57.0 Å². The van der Waals surface area contributed by atoms with Crippen LogP contribution in [-0.2, 0) is 11.3 Å². The maximum atomic E-state index is 5.78. The van der Waals surface area contributed by atoms with Crippen LogP contribution in [0.1, 0.15) is 38.7 Å². The summed E-state index contributed by atoms with van der Waals surface area (Å²) in [6, 6.07) is 8.20. The third-order valence-electron chi connectivity index (χ3n) is 3.97. The molecule has 0 unspecified atom stereocenters. The van der Waals surface area contributed by atoms with Gasteiger partial charge in [-0.15, -0.1) is 24.0 Å². The van der Waals surface area contributed by atoms with Crippen LogP contribution in [-0.4, -0.2) is 39.4 Å². The van der Waals surface area contributed by atoms with Gasteiger partial charge in [-0.3, -0.25) is 4.99 Å². The van der Waals surface area contributed by atoms with E-state index in [0.29, 0.717) is 5.92 Å². The number of halogens is 1. The zero-order valence-electron chi connectivity index (χ0n) is 16.3. The van der Waals surface area contributed by atoms with Gasteiger partial charge in [0.1, 0.15) is 5.75 Å². The second-order valence-electron chi connectivity index (χ2n) is 7.08. The van der Waals surface area contributed by atoms with Crippen molar-refractivity contribution in [2.24, 2.45) is 16.8 Å². The fraction of sp³-hybridized carbons (Fsp3) is 0.650. The van der Waals surface area contributed by atoms with E-state index in [1.807, 2.05) is 12.1 Å². The molecule has 0 saturated heterocycles. The average molecular weight is 475 g/mol. The van der Waals surface area contributed by atoms with E-state index in [4.69, 9.17) is 9.47 Å². The van der Waals surface area contributed by atoms with Gasteiger partial charge in [0.05, 0.1) is 6.61 Å². The highest BCUT2D eigenvalue weighted by atomic mass is 127. The van der Waals surface area contributed by atoms with Crippen molar-refractivity contribution in [3.05, 3.63) is 29.8 Å². The number of hydrogen-bond acceptors (Lipinski definition) is 3. The maximum Gasteiger partial charge on any atom is 0.191 e. The van der Waals surface area contributed by atoms with Crippen LogP contribution in [0.5, 0.6) is 5.75 Å². The van der Waals surface area contributed by atoms with Gasteiger partial charge in [0.2, 0.25) is 0 Å². The number of benzene rings is 1. The van der Waals surface area contributed by atoms with E-state index in [1.165, 1.54) is 18.4 Å². The molecule has 0 bridgehead atoms. The van der Waals surface area contributed by atoms with Crippen molar-refractivity contribution in [1.29, 1.82) is 0 Å². The molecule has 1 aromatic rings. The summed E-state index contributed by atoms with van der Waals surface area (Å²) in [4.78, 5) is 4.26. The maximum absolute atomic E-state index is 5.78. The average Bonchev–Trinajstić information content (AvgIpc) is 3.43. The van der Waals surface area contributed by atoms with Crippen molar-refractivity contribution in [3.63, 3.8) is 0 Å². The predicted octanol–water partition coefficient (Wildman–Crippen LogP) is 3.82. The molecule has 0 heterocycles. The number of ether oxygens (including phenoxy) is 2. The van der Waals surface area contributed by atoms with Crippen LogP contribution < -0.4 is 15.4 Å². The Hall–Kier alpha value is -1.02. The lowest BCUT2D eigenvalue weighted by Gasteiger charge is -2.13. The van der Waals surface area contributed by atoms with Crippen LogP contribution in [0.4, 0.5) is 0 Å². The molecule has 1 aliphatic rings. The standard InChI is InChI=1S/C20H33N3O2.HI/c1-16(2)14-25-19-7-4-6-18(12-19)13-23-20(21-3)22-10-5-11-24-15-17-8-9-17;/h4,6-7,12,16-17H,5,8-11,13-15H2,1-3H3,(H2,21,22,23);1H. The Morgan fingerprint density at radius 1 is 1.27 bits per heavy atom. The molecule has 2 N–H and O–H groups in total. The molecule has 0 atom stereocenters. The molecule has 0 radical (unpaired) electrons. The lowest BCUT2D eigenvalue weighted by Crippen LogP contribution is -2.37. The van der Waals surface area contributed by atoms with Crippen molar-refractivity contribution in [1.82, 2.24) is 10.6 Å². The first-order chi connectivity index (χ1) is 12.2. The molecule has 0 spiro atoms. The zero-order chi connectivity index (χ0) is 17.9. The first-order valence-corrected chi connectivity index (χ1v) is 9.41. The summed E-state index contributed by atoms with van der Waals surface area (Å²) in [5.41, 5.74) is 1.18. The topological polar surface area (TPSA) is 54.9 Å². The van der Waals surface area contributed by atoms with Crippen LogP contribution in [0.15, 0.2) is 29.3 Å².